The average Bonchev–Trinajstić information content (AvgIpc) is 3.54. The first-order valence-electron chi connectivity index (χ1n) is 14.6. The standard InChI is InChI=1S/C25H48N6O13/c1-6(33)31-4-7-12(15(7)34)13(29)23(39)42-21-11(5-32)41-25(19(21)38)44-22-16(35)8(27)2-9(28)20(22)43-24-14(30)18(37)17(36)10(3-26)40-24/h7-25,32,34-39H,2-5,26-30H2,1H3,(H,31,33)/t7?,8-,9?,10?,11-,12?,13+,14?,15-,16-,17-,18-,19+,20-,21?,22?,23-,24-,25+/m1/s1. The number of aliphatic hydroxyl groups excluding tert-OH is 7. The molecule has 2 aliphatic heterocycles. The first-order valence-corrected chi connectivity index (χ1v) is 14.6. The Morgan fingerprint density at radius 3 is 2.14 bits per heavy atom. The third-order valence-corrected chi connectivity index (χ3v) is 8.94. The molecule has 7 unspecified atom stereocenters. The van der Waals surface area contributed by atoms with Gasteiger partial charge in [-0.3, -0.25) is 4.79 Å². The molecule has 2 saturated heterocycles. The van der Waals surface area contributed by atoms with Crippen LogP contribution in [0.1, 0.15) is 13.3 Å². The fourth-order valence-electron chi connectivity index (χ4n) is 6.17. The largest absolute Gasteiger partial charge is 0.394 e. The van der Waals surface area contributed by atoms with Crippen molar-refractivity contribution in [2.75, 3.05) is 19.7 Å². The zero-order chi connectivity index (χ0) is 32.6. The number of amides is 1. The molecule has 18 N–H and O–H groups in total. The minimum atomic E-state index is -1.71. The molecule has 256 valence electrons. The molecule has 0 aromatic heterocycles. The number of hydrogen-bond donors (Lipinski definition) is 13. The lowest BCUT2D eigenvalue weighted by atomic mass is 9.84. The van der Waals surface area contributed by atoms with Gasteiger partial charge < -0.3 is 93.4 Å². The lowest BCUT2D eigenvalue weighted by Crippen LogP contribution is -2.68. The van der Waals surface area contributed by atoms with Crippen LogP contribution in [0, 0.1) is 11.8 Å². The summed E-state index contributed by atoms with van der Waals surface area (Å²) in [6.45, 7) is 0.640. The summed E-state index contributed by atoms with van der Waals surface area (Å²) < 4.78 is 28.8. The molecule has 2 heterocycles. The van der Waals surface area contributed by atoms with Crippen molar-refractivity contribution in [3.05, 3.63) is 0 Å². The van der Waals surface area contributed by atoms with Crippen molar-refractivity contribution in [3.63, 3.8) is 0 Å². The van der Waals surface area contributed by atoms with Crippen molar-refractivity contribution >= 4 is 5.91 Å². The molecule has 0 aromatic carbocycles. The van der Waals surface area contributed by atoms with Crippen LogP contribution in [0.2, 0.25) is 0 Å². The summed E-state index contributed by atoms with van der Waals surface area (Å²) in [5.41, 5.74) is 30.2. The molecule has 1 amide bonds. The van der Waals surface area contributed by atoms with Crippen molar-refractivity contribution < 1.29 is 64.2 Å². The third-order valence-electron chi connectivity index (χ3n) is 8.94. The van der Waals surface area contributed by atoms with Crippen LogP contribution in [0.5, 0.6) is 0 Å². The lowest BCUT2D eigenvalue weighted by Gasteiger charge is -2.47. The van der Waals surface area contributed by atoms with E-state index in [2.05, 4.69) is 5.32 Å². The highest BCUT2D eigenvalue weighted by atomic mass is 16.7. The topological polar surface area (TPSA) is 347 Å². The second-order valence-electron chi connectivity index (χ2n) is 12.0. The molecule has 2 saturated carbocycles. The summed E-state index contributed by atoms with van der Waals surface area (Å²) in [5, 5.41) is 76.0. The van der Waals surface area contributed by atoms with Crippen LogP contribution in [0.4, 0.5) is 0 Å². The molecule has 2 aliphatic carbocycles. The molecular weight excluding hydrogens is 592 g/mol. The molecule has 19 atom stereocenters. The fourth-order valence-corrected chi connectivity index (χ4v) is 6.17. The van der Waals surface area contributed by atoms with E-state index in [1.807, 2.05) is 0 Å². The van der Waals surface area contributed by atoms with Gasteiger partial charge in [-0.1, -0.05) is 0 Å². The van der Waals surface area contributed by atoms with Gasteiger partial charge in [0.25, 0.3) is 0 Å². The average molecular weight is 641 g/mol. The normalized spacial score (nSPS) is 49.0. The van der Waals surface area contributed by atoms with Crippen LogP contribution < -0.4 is 34.0 Å². The van der Waals surface area contributed by atoms with Crippen LogP contribution in [-0.2, 0) is 28.5 Å². The van der Waals surface area contributed by atoms with Crippen molar-refractivity contribution in [1.82, 2.24) is 5.32 Å². The number of carbonyl (C=O) groups is 1. The second-order valence-corrected chi connectivity index (χ2v) is 12.0. The number of nitrogens with one attached hydrogen (secondary N) is 1. The Morgan fingerprint density at radius 2 is 1.52 bits per heavy atom. The zero-order valence-corrected chi connectivity index (χ0v) is 24.3. The number of nitrogens with two attached hydrogens (primary N) is 5. The number of rotatable bonds is 12. The van der Waals surface area contributed by atoms with E-state index in [0.717, 1.165) is 0 Å². The van der Waals surface area contributed by atoms with Gasteiger partial charge in [-0.05, 0) is 6.42 Å². The maximum Gasteiger partial charge on any atom is 0.216 e. The van der Waals surface area contributed by atoms with Crippen molar-refractivity contribution in [2.24, 2.45) is 40.5 Å². The molecule has 0 bridgehead atoms. The maximum atomic E-state index is 11.2. The van der Waals surface area contributed by atoms with Gasteiger partial charge in [0, 0.05) is 43.9 Å². The maximum absolute atomic E-state index is 11.2. The molecule has 4 aliphatic rings. The zero-order valence-electron chi connectivity index (χ0n) is 24.3. The highest BCUT2D eigenvalue weighted by Gasteiger charge is 2.56. The van der Waals surface area contributed by atoms with Gasteiger partial charge in [0.2, 0.25) is 5.91 Å². The SMILES string of the molecule is CC(=O)NCC1C([C@H](N)[C@H](O)OC2[C@@H](CO)O[C@@H](OC3[C@H](O[C@H]4OC(CN)[C@@H](O)[C@H](O)C4N)C(N)C[C@@H](N)[C@H]3O)[C@H]2O)[C@@H]1O. The van der Waals surface area contributed by atoms with Crippen LogP contribution >= 0.6 is 0 Å². The van der Waals surface area contributed by atoms with E-state index in [1.54, 1.807) is 0 Å². The molecule has 4 fully saturated rings. The highest BCUT2D eigenvalue weighted by Crippen LogP contribution is 2.42. The van der Waals surface area contributed by atoms with Gasteiger partial charge >= 0.3 is 0 Å². The Hall–Kier alpha value is -1.21. The molecule has 4 rings (SSSR count). The van der Waals surface area contributed by atoms with Gasteiger partial charge in [-0.25, -0.2) is 0 Å². The number of ether oxygens (including phenoxy) is 5. The number of hydrogen-bond acceptors (Lipinski definition) is 18. The minimum Gasteiger partial charge on any atom is -0.394 e. The van der Waals surface area contributed by atoms with E-state index in [4.69, 9.17) is 52.4 Å². The van der Waals surface area contributed by atoms with Crippen molar-refractivity contribution in [1.29, 1.82) is 0 Å². The summed E-state index contributed by atoms with van der Waals surface area (Å²) in [4.78, 5) is 11.2. The van der Waals surface area contributed by atoms with Gasteiger partial charge in [0.15, 0.2) is 18.9 Å². The monoisotopic (exact) mass is 640 g/mol. The fraction of sp³-hybridized carbons (Fsp3) is 0.960. The summed E-state index contributed by atoms with van der Waals surface area (Å²) in [6, 6.07) is -4.08. The van der Waals surface area contributed by atoms with Crippen LogP contribution in [0.25, 0.3) is 0 Å². The number of aliphatic hydroxyl groups is 7. The lowest BCUT2D eigenvalue weighted by molar-refractivity contribution is -0.306. The summed E-state index contributed by atoms with van der Waals surface area (Å²) in [6.07, 6.45) is -17.4. The Morgan fingerprint density at radius 1 is 0.886 bits per heavy atom. The van der Waals surface area contributed by atoms with E-state index >= 15 is 0 Å². The molecule has 0 aromatic rings. The number of carbonyl (C=O) groups excluding carboxylic acids is 1. The van der Waals surface area contributed by atoms with E-state index in [0.29, 0.717) is 0 Å². The Balaban J connectivity index is 1.43. The Bertz CT molecular complexity index is 958. The van der Waals surface area contributed by atoms with Crippen LogP contribution in [0.15, 0.2) is 0 Å². The molecular formula is C25H48N6O13. The summed E-state index contributed by atoms with van der Waals surface area (Å²) in [5.74, 6) is -1.31. The predicted molar refractivity (Wildman–Crippen MR) is 146 cm³/mol. The highest BCUT2D eigenvalue weighted by molar-refractivity contribution is 5.72. The molecule has 19 nitrogen and oxygen atoms in total. The first-order chi connectivity index (χ1) is 20.7. The molecule has 19 heteroatoms. The quantitative estimate of drug-likeness (QED) is 0.0880. The van der Waals surface area contributed by atoms with Crippen LogP contribution in [-0.4, -0.2) is 165 Å². The first kappa shape index (κ1) is 35.6. The molecule has 0 radical (unpaired) electrons. The van der Waals surface area contributed by atoms with E-state index in [1.165, 1.54) is 6.92 Å². The van der Waals surface area contributed by atoms with E-state index in [-0.39, 0.29) is 25.4 Å². The Labute approximate surface area is 253 Å². The van der Waals surface area contributed by atoms with E-state index < -0.39 is 123 Å². The second kappa shape index (κ2) is 14.7. The van der Waals surface area contributed by atoms with Crippen molar-refractivity contribution in [3.8, 4) is 0 Å². The Kier molecular flexibility index (Phi) is 11.9. The van der Waals surface area contributed by atoms with Crippen molar-refractivity contribution in [2.45, 2.75) is 117 Å². The molecule has 0 spiro atoms. The van der Waals surface area contributed by atoms with Crippen LogP contribution in [0.3, 0.4) is 0 Å². The van der Waals surface area contributed by atoms with Gasteiger partial charge in [-0.15, -0.1) is 0 Å². The van der Waals surface area contributed by atoms with Gasteiger partial charge in [-0.2, -0.15) is 0 Å². The van der Waals surface area contributed by atoms with E-state index in [9.17, 15) is 40.5 Å². The molecule has 44 heavy (non-hydrogen) atoms. The smallest absolute Gasteiger partial charge is 0.216 e. The summed E-state index contributed by atoms with van der Waals surface area (Å²) in [7, 11) is 0. The third kappa shape index (κ3) is 7.34. The minimum absolute atomic E-state index is 0.0816. The summed E-state index contributed by atoms with van der Waals surface area (Å²) >= 11 is 0. The van der Waals surface area contributed by atoms with Gasteiger partial charge in [0.1, 0.15) is 48.8 Å². The van der Waals surface area contributed by atoms with Gasteiger partial charge in [0.05, 0.1) is 30.9 Å². The predicted octanol–water partition coefficient (Wildman–Crippen LogP) is -8.24.